The van der Waals surface area contributed by atoms with E-state index in [-0.39, 0.29) is 11.9 Å². The first-order chi connectivity index (χ1) is 7.63. The normalized spacial score (nSPS) is 11.6. The van der Waals surface area contributed by atoms with Gasteiger partial charge in [-0.05, 0) is 39.1 Å². The first-order valence-electron chi connectivity index (χ1n) is 5.44. The number of aromatic nitrogens is 2. The quantitative estimate of drug-likeness (QED) is 0.863. The van der Waals surface area contributed by atoms with Crippen LogP contribution in [0.5, 0.6) is 0 Å². The first-order valence-corrected chi connectivity index (χ1v) is 5.44. The second-order valence-electron chi connectivity index (χ2n) is 4.18. The number of nitrogens with one attached hydrogen (secondary N) is 1. The third kappa shape index (κ3) is 1.80. The highest BCUT2D eigenvalue weighted by molar-refractivity contribution is 5.81. The molecule has 0 atom stereocenters. The van der Waals surface area contributed by atoms with Crippen LogP contribution >= 0.6 is 0 Å². The Labute approximate surface area is 94.3 Å². The molecule has 2 aromatic rings. The predicted octanol–water partition coefficient (Wildman–Crippen LogP) is 2.48. The Balaban J connectivity index is 2.67. The van der Waals surface area contributed by atoms with Gasteiger partial charge in [-0.2, -0.15) is 5.10 Å². The van der Waals surface area contributed by atoms with Crippen LogP contribution in [0.15, 0.2) is 18.2 Å². The third-order valence-electron chi connectivity index (χ3n) is 2.59. The molecule has 0 saturated heterocycles. The molecule has 1 aromatic heterocycles. The van der Waals surface area contributed by atoms with Crippen molar-refractivity contribution in [3.05, 3.63) is 29.7 Å². The van der Waals surface area contributed by atoms with Crippen molar-refractivity contribution in [1.82, 2.24) is 15.1 Å². The van der Waals surface area contributed by atoms with Crippen LogP contribution in [-0.4, -0.2) is 16.8 Å². The molecule has 1 aromatic carbocycles. The van der Waals surface area contributed by atoms with E-state index in [2.05, 4.69) is 24.3 Å². The molecular formula is C12H16FN3. The lowest BCUT2D eigenvalue weighted by Gasteiger charge is -2.10. The van der Waals surface area contributed by atoms with Gasteiger partial charge in [0.05, 0.1) is 11.2 Å². The van der Waals surface area contributed by atoms with Crippen LogP contribution in [0.25, 0.3) is 10.9 Å². The van der Waals surface area contributed by atoms with Crippen molar-refractivity contribution >= 4 is 10.9 Å². The lowest BCUT2D eigenvalue weighted by Crippen LogP contribution is -2.13. The fourth-order valence-corrected chi connectivity index (χ4v) is 1.90. The molecule has 0 aliphatic carbocycles. The van der Waals surface area contributed by atoms with Crippen molar-refractivity contribution in [2.75, 3.05) is 7.05 Å². The lowest BCUT2D eigenvalue weighted by molar-refractivity contribution is 0.507. The summed E-state index contributed by atoms with van der Waals surface area (Å²) in [5.41, 5.74) is 1.88. The second-order valence-corrected chi connectivity index (χ2v) is 4.18. The van der Waals surface area contributed by atoms with Crippen LogP contribution in [0.3, 0.4) is 0 Å². The Morgan fingerprint density at radius 2 is 2.19 bits per heavy atom. The van der Waals surface area contributed by atoms with E-state index in [1.54, 1.807) is 12.1 Å². The van der Waals surface area contributed by atoms with Crippen LogP contribution in [0.4, 0.5) is 4.39 Å². The van der Waals surface area contributed by atoms with Gasteiger partial charge in [-0.1, -0.05) is 0 Å². The summed E-state index contributed by atoms with van der Waals surface area (Å²) in [6.45, 7) is 4.83. The Morgan fingerprint density at radius 1 is 1.44 bits per heavy atom. The summed E-state index contributed by atoms with van der Waals surface area (Å²) in [4.78, 5) is 0. The van der Waals surface area contributed by atoms with Crippen molar-refractivity contribution in [3.8, 4) is 0 Å². The van der Waals surface area contributed by atoms with Gasteiger partial charge in [0.2, 0.25) is 0 Å². The molecule has 0 saturated carbocycles. The monoisotopic (exact) mass is 221 g/mol. The van der Waals surface area contributed by atoms with E-state index < -0.39 is 0 Å². The van der Waals surface area contributed by atoms with Gasteiger partial charge in [0.1, 0.15) is 5.82 Å². The molecule has 86 valence electrons. The first kappa shape index (κ1) is 11.1. The predicted molar refractivity (Wildman–Crippen MR) is 62.8 cm³/mol. The molecule has 4 heteroatoms. The van der Waals surface area contributed by atoms with Crippen molar-refractivity contribution < 1.29 is 4.39 Å². The Morgan fingerprint density at radius 3 is 2.81 bits per heavy atom. The van der Waals surface area contributed by atoms with Gasteiger partial charge >= 0.3 is 0 Å². The average molecular weight is 221 g/mol. The molecule has 16 heavy (non-hydrogen) atoms. The van der Waals surface area contributed by atoms with Crippen molar-refractivity contribution in [3.63, 3.8) is 0 Å². The summed E-state index contributed by atoms with van der Waals surface area (Å²) in [7, 11) is 1.88. The van der Waals surface area contributed by atoms with E-state index in [0.29, 0.717) is 6.54 Å². The summed E-state index contributed by atoms with van der Waals surface area (Å²) < 4.78 is 15.2. The molecule has 3 nitrogen and oxygen atoms in total. The van der Waals surface area contributed by atoms with Crippen LogP contribution in [0.1, 0.15) is 25.6 Å². The summed E-state index contributed by atoms with van der Waals surface area (Å²) >= 11 is 0. The van der Waals surface area contributed by atoms with E-state index in [1.807, 2.05) is 11.7 Å². The summed E-state index contributed by atoms with van der Waals surface area (Å²) in [5, 5.41) is 8.47. The fourth-order valence-electron chi connectivity index (χ4n) is 1.90. The Kier molecular flexibility index (Phi) is 2.92. The number of rotatable bonds is 3. The summed E-state index contributed by atoms with van der Waals surface area (Å²) in [6, 6.07) is 5.00. The smallest absolute Gasteiger partial charge is 0.124 e. The summed E-state index contributed by atoms with van der Waals surface area (Å²) in [6.07, 6.45) is 0. The minimum absolute atomic E-state index is 0.215. The molecule has 0 unspecified atom stereocenters. The van der Waals surface area contributed by atoms with Crippen molar-refractivity contribution in [1.29, 1.82) is 0 Å². The van der Waals surface area contributed by atoms with Crippen LogP contribution in [-0.2, 0) is 6.54 Å². The van der Waals surface area contributed by atoms with Gasteiger partial charge in [0, 0.05) is 18.0 Å². The van der Waals surface area contributed by atoms with Gasteiger partial charge < -0.3 is 5.32 Å². The van der Waals surface area contributed by atoms with Gasteiger partial charge in [-0.15, -0.1) is 0 Å². The molecule has 0 aliphatic heterocycles. The molecule has 0 radical (unpaired) electrons. The van der Waals surface area contributed by atoms with Crippen LogP contribution < -0.4 is 5.32 Å². The molecular weight excluding hydrogens is 205 g/mol. The number of halogens is 1. The molecule has 0 bridgehead atoms. The standard InChI is InChI=1S/C12H16FN3/c1-8(2)16-12(7-14-3)10-6-9(13)4-5-11(10)15-16/h4-6,8,14H,7H2,1-3H3. The van der Waals surface area contributed by atoms with Crippen LogP contribution in [0, 0.1) is 5.82 Å². The Bertz CT molecular complexity index is 502. The molecule has 0 fully saturated rings. The molecule has 0 spiro atoms. The maximum absolute atomic E-state index is 13.2. The number of fused-ring (bicyclic) bond motifs is 1. The second kappa shape index (κ2) is 4.22. The van der Waals surface area contributed by atoms with E-state index in [4.69, 9.17) is 0 Å². The lowest BCUT2D eigenvalue weighted by atomic mass is 10.2. The zero-order valence-electron chi connectivity index (χ0n) is 9.79. The number of benzene rings is 1. The zero-order valence-corrected chi connectivity index (χ0v) is 9.79. The number of hydrogen-bond donors (Lipinski definition) is 1. The van der Waals surface area contributed by atoms with E-state index in [9.17, 15) is 4.39 Å². The zero-order chi connectivity index (χ0) is 11.7. The molecule has 0 amide bonds. The van der Waals surface area contributed by atoms with Gasteiger partial charge in [-0.3, -0.25) is 4.68 Å². The third-order valence-corrected chi connectivity index (χ3v) is 2.59. The molecule has 1 N–H and O–H groups in total. The van der Waals surface area contributed by atoms with E-state index >= 15 is 0 Å². The highest BCUT2D eigenvalue weighted by Crippen LogP contribution is 2.22. The largest absolute Gasteiger partial charge is 0.314 e. The minimum atomic E-state index is -0.215. The van der Waals surface area contributed by atoms with Crippen LogP contribution in [0.2, 0.25) is 0 Å². The summed E-state index contributed by atoms with van der Waals surface area (Å²) in [5.74, 6) is -0.215. The maximum atomic E-state index is 13.2. The van der Waals surface area contributed by atoms with Gasteiger partial charge in [-0.25, -0.2) is 4.39 Å². The van der Waals surface area contributed by atoms with Gasteiger partial charge in [0.15, 0.2) is 0 Å². The average Bonchev–Trinajstić information content (AvgIpc) is 2.58. The van der Waals surface area contributed by atoms with Gasteiger partial charge in [0.25, 0.3) is 0 Å². The van der Waals surface area contributed by atoms with E-state index in [0.717, 1.165) is 16.6 Å². The Hall–Kier alpha value is -1.42. The maximum Gasteiger partial charge on any atom is 0.124 e. The van der Waals surface area contributed by atoms with Crippen molar-refractivity contribution in [2.45, 2.75) is 26.4 Å². The molecule has 0 aliphatic rings. The van der Waals surface area contributed by atoms with Crippen molar-refractivity contribution in [2.24, 2.45) is 0 Å². The fraction of sp³-hybridized carbons (Fsp3) is 0.417. The minimum Gasteiger partial charge on any atom is -0.314 e. The number of hydrogen-bond acceptors (Lipinski definition) is 2. The topological polar surface area (TPSA) is 29.9 Å². The molecule has 2 rings (SSSR count). The molecule has 1 heterocycles. The number of nitrogens with zero attached hydrogens (tertiary/aromatic N) is 2. The highest BCUT2D eigenvalue weighted by Gasteiger charge is 2.13. The van der Waals surface area contributed by atoms with E-state index in [1.165, 1.54) is 6.07 Å². The highest BCUT2D eigenvalue weighted by atomic mass is 19.1. The SMILES string of the molecule is CNCc1c2cc(F)ccc2nn1C(C)C.